The maximum Gasteiger partial charge on any atom is 0.257 e. The molecular weight excluding hydrogens is 482 g/mol. The van der Waals surface area contributed by atoms with Crippen LogP contribution in [0.3, 0.4) is 0 Å². The molecule has 0 saturated carbocycles. The quantitative estimate of drug-likeness (QED) is 0.532. The molecular formula is C26H23N3O4S2. The van der Waals surface area contributed by atoms with Gasteiger partial charge in [-0.05, 0) is 49.2 Å². The van der Waals surface area contributed by atoms with Crippen molar-refractivity contribution in [3.8, 4) is 11.8 Å². The molecule has 9 heteroatoms. The van der Waals surface area contributed by atoms with E-state index in [0.717, 1.165) is 15.0 Å². The number of nitrogens with one attached hydrogen (secondary N) is 1. The highest BCUT2D eigenvalue weighted by Crippen LogP contribution is 2.49. The van der Waals surface area contributed by atoms with Crippen LogP contribution in [0.5, 0.6) is 5.75 Å². The number of nitrogens with zero attached hydrogens (tertiary/aromatic N) is 2. The molecule has 7 nitrogen and oxygen atoms in total. The second-order valence-corrected chi connectivity index (χ2v) is 11.4. The predicted octanol–water partition coefficient (Wildman–Crippen LogP) is 5.09. The van der Waals surface area contributed by atoms with Crippen molar-refractivity contribution in [2.45, 2.75) is 35.8 Å². The van der Waals surface area contributed by atoms with E-state index in [-0.39, 0.29) is 22.3 Å². The number of thioether (sulfide) groups is 1. The molecule has 1 fully saturated rings. The summed E-state index contributed by atoms with van der Waals surface area (Å²) in [6.07, 6.45) is 1.79. The smallest absolute Gasteiger partial charge is 0.257 e. The molecule has 1 N–H and O–H groups in total. The third kappa shape index (κ3) is 4.28. The summed E-state index contributed by atoms with van der Waals surface area (Å²) in [4.78, 5) is 41.2. The van der Waals surface area contributed by atoms with Crippen LogP contribution >= 0.6 is 23.1 Å². The Morgan fingerprint density at radius 3 is 2.63 bits per heavy atom. The first-order valence-electron chi connectivity index (χ1n) is 11.3. The van der Waals surface area contributed by atoms with Crippen molar-refractivity contribution in [2.75, 3.05) is 25.5 Å². The minimum atomic E-state index is -0.250. The predicted molar refractivity (Wildman–Crippen MR) is 137 cm³/mol. The number of ketones is 1. The standard InChI is InChI=1S/C26H23N3O4S2/c1-15(30)28-24-23(18-5-4-17(33-2)12-22(18)34-24)25(32)29-9-7-26(8-10-29)13-20(31)19-11-16(14-27)3-6-21(19)35-26/h3-6,11-12H,7-10,13H2,1-2H3,(H,28,30). The summed E-state index contributed by atoms with van der Waals surface area (Å²) >= 11 is 3.06. The molecule has 2 aromatic carbocycles. The molecule has 5 rings (SSSR count). The van der Waals surface area contributed by atoms with Crippen LogP contribution in [-0.2, 0) is 4.79 Å². The van der Waals surface area contributed by atoms with Crippen molar-refractivity contribution >= 4 is 55.8 Å². The topological polar surface area (TPSA) is 99.5 Å². The van der Waals surface area contributed by atoms with Crippen LogP contribution in [0.15, 0.2) is 41.3 Å². The molecule has 0 aliphatic carbocycles. The fourth-order valence-electron chi connectivity index (χ4n) is 4.78. The molecule has 1 spiro atoms. The summed E-state index contributed by atoms with van der Waals surface area (Å²) in [7, 11) is 1.59. The SMILES string of the molecule is COc1ccc2c(C(=O)N3CCC4(CC3)CC(=O)c3cc(C#N)ccc3S4)c(NC(C)=O)sc2c1. The Bertz CT molecular complexity index is 1410. The lowest BCUT2D eigenvalue weighted by atomic mass is 9.87. The number of carbonyl (C=O) groups excluding carboxylic acids is 3. The van der Waals surface area contributed by atoms with Crippen molar-refractivity contribution in [1.29, 1.82) is 5.26 Å². The minimum Gasteiger partial charge on any atom is -0.497 e. The van der Waals surface area contributed by atoms with Gasteiger partial charge in [0.1, 0.15) is 10.8 Å². The number of ether oxygens (including phenoxy) is 1. The molecule has 2 aliphatic heterocycles. The van der Waals surface area contributed by atoms with E-state index < -0.39 is 0 Å². The number of piperidine rings is 1. The maximum absolute atomic E-state index is 13.7. The first kappa shape index (κ1) is 23.4. The summed E-state index contributed by atoms with van der Waals surface area (Å²) in [5, 5.41) is 13.3. The number of hydrogen-bond acceptors (Lipinski definition) is 7. The Morgan fingerprint density at radius 2 is 1.94 bits per heavy atom. The van der Waals surface area contributed by atoms with Crippen molar-refractivity contribution in [3.05, 3.63) is 53.1 Å². The summed E-state index contributed by atoms with van der Waals surface area (Å²) < 4.78 is 5.93. The average molecular weight is 506 g/mol. The van der Waals surface area contributed by atoms with Crippen LogP contribution in [0.1, 0.15) is 52.5 Å². The van der Waals surface area contributed by atoms with Crippen LogP contribution in [0.25, 0.3) is 10.1 Å². The molecule has 0 bridgehead atoms. The van der Waals surface area contributed by atoms with Gasteiger partial charge in [-0.3, -0.25) is 14.4 Å². The Morgan fingerprint density at radius 1 is 1.17 bits per heavy atom. The normalized spacial score (nSPS) is 16.6. The number of benzene rings is 2. The van der Waals surface area contributed by atoms with Gasteiger partial charge in [0.15, 0.2) is 5.78 Å². The van der Waals surface area contributed by atoms with E-state index in [2.05, 4.69) is 11.4 Å². The van der Waals surface area contributed by atoms with Gasteiger partial charge in [0.05, 0.1) is 24.3 Å². The van der Waals surface area contributed by atoms with Gasteiger partial charge in [0.25, 0.3) is 5.91 Å². The number of rotatable bonds is 3. The fraction of sp³-hybridized carbons (Fsp3) is 0.308. The average Bonchev–Trinajstić information content (AvgIpc) is 3.20. The summed E-state index contributed by atoms with van der Waals surface area (Å²) in [5.74, 6) is 0.395. The van der Waals surface area contributed by atoms with Gasteiger partial charge in [-0.15, -0.1) is 23.1 Å². The van der Waals surface area contributed by atoms with Gasteiger partial charge in [-0.25, -0.2) is 0 Å². The lowest BCUT2D eigenvalue weighted by Gasteiger charge is -2.43. The molecule has 1 saturated heterocycles. The van der Waals surface area contributed by atoms with Crippen LogP contribution in [0.4, 0.5) is 5.00 Å². The van der Waals surface area contributed by atoms with Crippen molar-refractivity contribution in [1.82, 2.24) is 4.90 Å². The maximum atomic E-state index is 13.7. The van der Waals surface area contributed by atoms with Gasteiger partial charge in [0.2, 0.25) is 5.91 Å². The van der Waals surface area contributed by atoms with Crippen molar-refractivity contribution in [2.24, 2.45) is 0 Å². The van der Waals surface area contributed by atoms with E-state index in [4.69, 9.17) is 10.00 Å². The number of likely N-dealkylation sites (tertiary alicyclic amines) is 1. The highest BCUT2D eigenvalue weighted by atomic mass is 32.2. The molecule has 178 valence electrons. The lowest BCUT2D eigenvalue weighted by Crippen LogP contribution is -2.47. The minimum absolute atomic E-state index is 0.0568. The zero-order valence-electron chi connectivity index (χ0n) is 19.3. The first-order valence-corrected chi connectivity index (χ1v) is 12.9. The van der Waals surface area contributed by atoms with E-state index in [1.807, 2.05) is 29.2 Å². The molecule has 0 unspecified atom stereocenters. The Kier molecular flexibility index (Phi) is 6.03. The number of fused-ring (bicyclic) bond motifs is 2. The molecule has 35 heavy (non-hydrogen) atoms. The summed E-state index contributed by atoms with van der Waals surface area (Å²) in [5.41, 5.74) is 1.61. The number of anilines is 1. The van der Waals surface area contributed by atoms with Gasteiger partial charge in [-0.2, -0.15) is 5.26 Å². The monoisotopic (exact) mass is 505 g/mol. The Hall–Kier alpha value is -3.35. The van der Waals surface area contributed by atoms with Gasteiger partial charge in [-0.1, -0.05) is 0 Å². The molecule has 3 heterocycles. The number of Topliss-reactive ketones (excluding diaryl/α,β-unsaturated/α-hetero) is 1. The zero-order valence-corrected chi connectivity index (χ0v) is 21.0. The number of methoxy groups -OCH3 is 1. The van der Waals surface area contributed by atoms with Gasteiger partial charge >= 0.3 is 0 Å². The van der Waals surface area contributed by atoms with E-state index in [1.165, 1.54) is 18.3 Å². The number of hydrogen-bond donors (Lipinski definition) is 1. The molecule has 0 radical (unpaired) electrons. The highest BCUT2D eigenvalue weighted by Gasteiger charge is 2.43. The van der Waals surface area contributed by atoms with Crippen molar-refractivity contribution < 1.29 is 19.1 Å². The molecule has 1 aromatic heterocycles. The van der Waals surface area contributed by atoms with Crippen LogP contribution in [-0.4, -0.2) is 47.4 Å². The van der Waals surface area contributed by atoms with Crippen molar-refractivity contribution in [3.63, 3.8) is 0 Å². The van der Waals surface area contributed by atoms with Crippen LogP contribution < -0.4 is 10.1 Å². The lowest BCUT2D eigenvalue weighted by molar-refractivity contribution is -0.114. The van der Waals surface area contributed by atoms with Crippen LogP contribution in [0, 0.1) is 11.3 Å². The Balaban J connectivity index is 1.39. The first-order chi connectivity index (χ1) is 16.8. The largest absolute Gasteiger partial charge is 0.497 e. The number of amides is 2. The third-order valence-corrected chi connectivity index (χ3v) is 9.21. The van der Waals surface area contributed by atoms with E-state index in [9.17, 15) is 14.4 Å². The number of thiophene rings is 1. The molecule has 3 aromatic rings. The summed E-state index contributed by atoms with van der Waals surface area (Å²) in [6.45, 7) is 2.48. The van der Waals surface area contributed by atoms with Gasteiger partial charge in [0, 0.05) is 51.7 Å². The van der Waals surface area contributed by atoms with E-state index in [1.54, 1.807) is 31.0 Å². The molecule has 2 amide bonds. The zero-order chi connectivity index (χ0) is 24.7. The van der Waals surface area contributed by atoms with E-state index in [0.29, 0.717) is 59.8 Å². The Labute approximate surface area is 211 Å². The number of nitriles is 1. The second-order valence-electron chi connectivity index (χ2n) is 8.85. The molecule has 0 atom stereocenters. The van der Waals surface area contributed by atoms with Crippen LogP contribution in [0.2, 0.25) is 0 Å². The van der Waals surface area contributed by atoms with E-state index >= 15 is 0 Å². The fourth-order valence-corrected chi connectivity index (χ4v) is 7.43. The summed E-state index contributed by atoms with van der Waals surface area (Å²) in [6, 6.07) is 12.9. The van der Waals surface area contributed by atoms with Gasteiger partial charge < -0.3 is 15.0 Å². The molecule has 2 aliphatic rings. The number of carbonyl (C=O) groups is 3. The second kappa shape index (κ2) is 9.02. The highest BCUT2D eigenvalue weighted by molar-refractivity contribution is 8.01. The third-order valence-electron chi connectivity index (χ3n) is 6.58.